The summed E-state index contributed by atoms with van der Waals surface area (Å²) in [6, 6.07) is -3.35. The second-order valence-electron chi connectivity index (χ2n) is 9.19. The summed E-state index contributed by atoms with van der Waals surface area (Å²) in [5.74, 6) is -2.25. The van der Waals surface area contributed by atoms with Crippen molar-refractivity contribution in [3.63, 3.8) is 0 Å². The number of carboxylic acid groups (broad SMARTS) is 1. The maximum absolute atomic E-state index is 13.0. The lowest BCUT2D eigenvalue weighted by Crippen LogP contribution is -2.57. The molecule has 0 fully saturated rings. The molecular weight excluding hydrogens is 388 g/mol. The lowest BCUT2D eigenvalue weighted by molar-refractivity contribution is -0.140. The van der Waals surface area contributed by atoms with Gasteiger partial charge in [-0.05, 0) is 43.9 Å². The van der Waals surface area contributed by atoms with Crippen LogP contribution in [0.4, 0.5) is 0 Å². The molecule has 0 spiro atoms. The van der Waals surface area contributed by atoms with Crippen LogP contribution in [0.5, 0.6) is 0 Å². The molecule has 0 saturated carbocycles. The zero-order chi connectivity index (χ0) is 23.6. The van der Waals surface area contributed by atoms with Crippen molar-refractivity contribution in [1.29, 1.82) is 0 Å². The number of amides is 3. The van der Waals surface area contributed by atoms with Gasteiger partial charge in [0.2, 0.25) is 17.7 Å². The minimum atomic E-state index is -1.02. The standard InChI is InChI=1S/C21H40N4O5/c1-11(2)8-15(24-17(21(29)30)10-13(5)6)20(28)25-16(9-12(3)4)19(27)23-14(7)18(22)26/h11-17,24H,8-10H2,1-7H3,(H2,22,26)(H,23,27)(H,25,28)(H,29,30)/t14?,15-,16-,17+/m0/s1. The van der Waals surface area contributed by atoms with Crippen molar-refractivity contribution in [2.24, 2.45) is 23.5 Å². The molecule has 9 heteroatoms. The van der Waals surface area contributed by atoms with Gasteiger partial charge in [0.25, 0.3) is 0 Å². The van der Waals surface area contributed by atoms with Crippen molar-refractivity contribution < 1.29 is 24.3 Å². The first-order valence-electron chi connectivity index (χ1n) is 10.6. The van der Waals surface area contributed by atoms with Crippen LogP contribution in [-0.2, 0) is 19.2 Å². The van der Waals surface area contributed by atoms with E-state index in [1.807, 2.05) is 41.5 Å². The van der Waals surface area contributed by atoms with Gasteiger partial charge in [-0.25, -0.2) is 0 Å². The largest absolute Gasteiger partial charge is 0.480 e. The van der Waals surface area contributed by atoms with E-state index >= 15 is 0 Å². The molecule has 0 aromatic heterocycles. The fraction of sp³-hybridized carbons (Fsp3) is 0.810. The number of aliphatic carboxylic acids is 1. The summed E-state index contributed by atoms with van der Waals surface area (Å²) in [4.78, 5) is 48.5. The van der Waals surface area contributed by atoms with Crippen molar-refractivity contribution >= 4 is 23.7 Å². The maximum Gasteiger partial charge on any atom is 0.320 e. The monoisotopic (exact) mass is 428 g/mol. The summed E-state index contributed by atoms with van der Waals surface area (Å²) in [5, 5.41) is 17.7. The number of primary amides is 1. The number of nitrogens with one attached hydrogen (secondary N) is 3. The summed E-state index contributed by atoms with van der Waals surface area (Å²) in [6.45, 7) is 13.0. The number of hydrogen-bond donors (Lipinski definition) is 5. The van der Waals surface area contributed by atoms with Crippen LogP contribution in [0.3, 0.4) is 0 Å². The molecule has 0 saturated heterocycles. The summed E-state index contributed by atoms with van der Waals surface area (Å²) < 4.78 is 0. The molecule has 0 aromatic rings. The van der Waals surface area contributed by atoms with Gasteiger partial charge >= 0.3 is 5.97 Å². The van der Waals surface area contributed by atoms with Gasteiger partial charge in [-0.15, -0.1) is 0 Å². The highest BCUT2D eigenvalue weighted by Crippen LogP contribution is 2.12. The minimum Gasteiger partial charge on any atom is -0.480 e. The highest BCUT2D eigenvalue weighted by atomic mass is 16.4. The molecular formula is C21H40N4O5. The number of carbonyl (C=O) groups is 4. The Morgan fingerprint density at radius 2 is 1.10 bits per heavy atom. The maximum atomic E-state index is 13.0. The van der Waals surface area contributed by atoms with Gasteiger partial charge in [0.05, 0.1) is 6.04 Å². The van der Waals surface area contributed by atoms with Gasteiger partial charge in [0, 0.05) is 0 Å². The topological polar surface area (TPSA) is 151 Å². The van der Waals surface area contributed by atoms with E-state index in [4.69, 9.17) is 5.73 Å². The summed E-state index contributed by atoms with van der Waals surface area (Å²) in [5.41, 5.74) is 5.21. The third-order valence-electron chi connectivity index (χ3n) is 4.56. The fourth-order valence-corrected chi connectivity index (χ4v) is 3.04. The Morgan fingerprint density at radius 3 is 1.50 bits per heavy atom. The van der Waals surface area contributed by atoms with E-state index in [0.717, 1.165) is 0 Å². The lowest BCUT2D eigenvalue weighted by atomic mass is 9.97. The fourth-order valence-electron chi connectivity index (χ4n) is 3.04. The zero-order valence-corrected chi connectivity index (χ0v) is 19.3. The molecule has 0 aliphatic carbocycles. The highest BCUT2D eigenvalue weighted by molar-refractivity contribution is 5.92. The predicted octanol–water partition coefficient (Wildman–Crippen LogP) is 1.01. The average molecular weight is 429 g/mol. The Kier molecular flexibility index (Phi) is 12.3. The van der Waals surface area contributed by atoms with Gasteiger partial charge in [-0.1, -0.05) is 41.5 Å². The summed E-state index contributed by atoms with van der Waals surface area (Å²) in [6.07, 6.45) is 1.16. The molecule has 1 unspecified atom stereocenters. The number of hydrogen-bond acceptors (Lipinski definition) is 5. The predicted molar refractivity (Wildman–Crippen MR) is 115 cm³/mol. The molecule has 0 rings (SSSR count). The highest BCUT2D eigenvalue weighted by Gasteiger charge is 2.31. The van der Waals surface area contributed by atoms with Gasteiger partial charge in [0.1, 0.15) is 18.1 Å². The summed E-state index contributed by atoms with van der Waals surface area (Å²) in [7, 11) is 0. The minimum absolute atomic E-state index is 0.106. The molecule has 0 aliphatic heterocycles. The molecule has 4 atom stereocenters. The number of carbonyl (C=O) groups excluding carboxylic acids is 3. The molecule has 30 heavy (non-hydrogen) atoms. The Morgan fingerprint density at radius 1 is 0.700 bits per heavy atom. The van der Waals surface area contributed by atoms with Crippen LogP contribution in [-0.4, -0.2) is 53.0 Å². The van der Waals surface area contributed by atoms with Crippen molar-refractivity contribution in [3.8, 4) is 0 Å². The van der Waals surface area contributed by atoms with Crippen molar-refractivity contribution in [1.82, 2.24) is 16.0 Å². The number of rotatable bonds is 14. The molecule has 0 aromatic carbocycles. The molecule has 0 bridgehead atoms. The quantitative estimate of drug-likeness (QED) is 0.279. The number of carboxylic acids is 1. The van der Waals surface area contributed by atoms with Crippen LogP contribution in [0, 0.1) is 17.8 Å². The van der Waals surface area contributed by atoms with Gasteiger partial charge in [-0.2, -0.15) is 0 Å². The van der Waals surface area contributed by atoms with Crippen molar-refractivity contribution in [2.75, 3.05) is 0 Å². The van der Waals surface area contributed by atoms with E-state index in [1.165, 1.54) is 6.92 Å². The van der Waals surface area contributed by atoms with Gasteiger partial charge in [-0.3, -0.25) is 24.5 Å². The van der Waals surface area contributed by atoms with Crippen molar-refractivity contribution in [3.05, 3.63) is 0 Å². The average Bonchev–Trinajstić information content (AvgIpc) is 2.58. The number of nitrogens with two attached hydrogens (primary N) is 1. The first-order chi connectivity index (χ1) is 13.7. The normalized spacial score (nSPS) is 15.5. The third kappa shape index (κ3) is 11.1. The van der Waals surface area contributed by atoms with Crippen molar-refractivity contribution in [2.45, 2.75) is 91.9 Å². The molecule has 174 valence electrons. The van der Waals surface area contributed by atoms with E-state index in [-0.39, 0.29) is 17.8 Å². The molecule has 0 heterocycles. The Hall–Kier alpha value is -2.16. The molecule has 3 amide bonds. The van der Waals surface area contributed by atoms with Crippen LogP contribution in [0.15, 0.2) is 0 Å². The Labute approximate surface area is 179 Å². The first-order valence-corrected chi connectivity index (χ1v) is 10.6. The Bertz CT molecular complexity index is 592. The van der Waals surface area contributed by atoms with Crippen LogP contribution in [0.25, 0.3) is 0 Å². The van der Waals surface area contributed by atoms with Crippen LogP contribution in [0.1, 0.15) is 67.7 Å². The molecule has 6 N–H and O–H groups in total. The van der Waals surface area contributed by atoms with E-state index in [0.29, 0.717) is 19.3 Å². The SMILES string of the molecule is CC(C)C[C@H](NC(=O)[C@H](CC(C)C)N[C@H](CC(C)C)C(=O)O)C(=O)NC(C)C(N)=O. The van der Waals surface area contributed by atoms with Crippen LogP contribution >= 0.6 is 0 Å². The van der Waals surface area contributed by atoms with E-state index in [2.05, 4.69) is 16.0 Å². The second-order valence-corrected chi connectivity index (χ2v) is 9.19. The van der Waals surface area contributed by atoms with E-state index in [9.17, 15) is 24.3 Å². The Balaban J connectivity index is 5.47. The van der Waals surface area contributed by atoms with Crippen LogP contribution in [0.2, 0.25) is 0 Å². The van der Waals surface area contributed by atoms with Gasteiger partial charge < -0.3 is 21.5 Å². The third-order valence-corrected chi connectivity index (χ3v) is 4.56. The van der Waals surface area contributed by atoms with Gasteiger partial charge in [0.15, 0.2) is 0 Å². The zero-order valence-electron chi connectivity index (χ0n) is 19.3. The molecule has 9 nitrogen and oxygen atoms in total. The lowest BCUT2D eigenvalue weighted by Gasteiger charge is -2.28. The van der Waals surface area contributed by atoms with E-state index < -0.39 is 47.9 Å². The van der Waals surface area contributed by atoms with E-state index in [1.54, 1.807) is 0 Å². The van der Waals surface area contributed by atoms with Crippen LogP contribution < -0.4 is 21.7 Å². The second kappa shape index (κ2) is 13.2. The smallest absolute Gasteiger partial charge is 0.320 e. The first kappa shape index (κ1) is 27.8. The molecule has 0 radical (unpaired) electrons. The molecule has 0 aliphatic rings. The summed E-state index contributed by atoms with van der Waals surface area (Å²) >= 11 is 0.